The Balaban J connectivity index is 2.26. The van der Waals surface area contributed by atoms with Gasteiger partial charge < -0.3 is 14.8 Å². The molecule has 1 aliphatic heterocycles. The molecule has 0 aliphatic carbocycles. The van der Waals surface area contributed by atoms with Gasteiger partial charge in [0.15, 0.2) is 5.78 Å². The molecule has 0 atom stereocenters. The highest BCUT2D eigenvalue weighted by Crippen LogP contribution is 2.28. The molecule has 1 fully saturated rings. The van der Waals surface area contributed by atoms with Gasteiger partial charge in [-0.05, 0) is 44.1 Å². The van der Waals surface area contributed by atoms with Crippen molar-refractivity contribution in [3.8, 4) is 11.5 Å². The van der Waals surface area contributed by atoms with E-state index in [1.54, 1.807) is 32.4 Å². The molecule has 18 heavy (non-hydrogen) atoms. The molecule has 1 aromatic rings. The van der Waals surface area contributed by atoms with Gasteiger partial charge in [0.1, 0.15) is 11.5 Å². The smallest absolute Gasteiger partial charge is 0.169 e. The fourth-order valence-corrected chi connectivity index (χ4v) is 2.31. The van der Waals surface area contributed by atoms with Gasteiger partial charge in [0, 0.05) is 5.92 Å². The van der Waals surface area contributed by atoms with Gasteiger partial charge in [-0.25, -0.2) is 0 Å². The van der Waals surface area contributed by atoms with Crippen molar-refractivity contribution in [1.29, 1.82) is 0 Å². The summed E-state index contributed by atoms with van der Waals surface area (Å²) in [5, 5.41) is 3.26. The number of ketones is 1. The molecule has 1 aromatic carbocycles. The van der Waals surface area contributed by atoms with Gasteiger partial charge in [0.05, 0.1) is 19.8 Å². The van der Waals surface area contributed by atoms with Crippen LogP contribution < -0.4 is 14.8 Å². The van der Waals surface area contributed by atoms with Gasteiger partial charge in [-0.2, -0.15) is 0 Å². The van der Waals surface area contributed by atoms with Crippen LogP contribution in [0.2, 0.25) is 0 Å². The van der Waals surface area contributed by atoms with Gasteiger partial charge in [-0.15, -0.1) is 0 Å². The van der Waals surface area contributed by atoms with Crippen LogP contribution in [0.25, 0.3) is 0 Å². The lowest BCUT2D eigenvalue weighted by Gasteiger charge is -2.22. The SMILES string of the molecule is COc1ccc(OC)c(C(=O)C2CCNCC2)c1. The largest absolute Gasteiger partial charge is 0.497 e. The standard InChI is InChI=1S/C14H19NO3/c1-17-11-3-4-13(18-2)12(9-11)14(16)10-5-7-15-8-6-10/h3-4,9-10,15H,5-8H2,1-2H3. The molecule has 0 spiro atoms. The van der Waals surface area contributed by atoms with Crippen molar-refractivity contribution in [2.24, 2.45) is 5.92 Å². The van der Waals surface area contributed by atoms with Crippen LogP contribution in [0.1, 0.15) is 23.2 Å². The van der Waals surface area contributed by atoms with Crippen molar-refractivity contribution in [1.82, 2.24) is 5.32 Å². The molecule has 2 rings (SSSR count). The van der Waals surface area contributed by atoms with E-state index in [1.807, 2.05) is 0 Å². The van der Waals surface area contributed by atoms with E-state index in [2.05, 4.69) is 5.32 Å². The highest BCUT2D eigenvalue weighted by molar-refractivity contribution is 6.00. The summed E-state index contributed by atoms with van der Waals surface area (Å²) < 4.78 is 10.4. The maximum Gasteiger partial charge on any atom is 0.169 e. The van der Waals surface area contributed by atoms with Crippen LogP contribution in [-0.2, 0) is 0 Å². The van der Waals surface area contributed by atoms with Crippen LogP contribution in [0.4, 0.5) is 0 Å². The first-order valence-corrected chi connectivity index (χ1v) is 6.23. The molecule has 0 bridgehead atoms. The molecule has 0 amide bonds. The lowest BCUT2D eigenvalue weighted by Crippen LogP contribution is -2.32. The molecule has 1 heterocycles. The zero-order chi connectivity index (χ0) is 13.0. The van der Waals surface area contributed by atoms with E-state index in [1.165, 1.54) is 0 Å². The minimum Gasteiger partial charge on any atom is -0.497 e. The fourth-order valence-electron chi connectivity index (χ4n) is 2.31. The number of piperidine rings is 1. The topological polar surface area (TPSA) is 47.6 Å². The number of ether oxygens (including phenoxy) is 2. The van der Waals surface area contributed by atoms with Crippen molar-refractivity contribution < 1.29 is 14.3 Å². The first-order valence-electron chi connectivity index (χ1n) is 6.23. The summed E-state index contributed by atoms with van der Waals surface area (Å²) in [6, 6.07) is 5.36. The zero-order valence-electron chi connectivity index (χ0n) is 10.9. The normalized spacial score (nSPS) is 16.3. The average molecular weight is 249 g/mol. The van der Waals surface area contributed by atoms with E-state index < -0.39 is 0 Å². The zero-order valence-corrected chi connectivity index (χ0v) is 10.9. The molecular weight excluding hydrogens is 230 g/mol. The van der Waals surface area contributed by atoms with Crippen LogP contribution in [0, 0.1) is 5.92 Å². The second-order valence-electron chi connectivity index (χ2n) is 4.45. The second-order valence-corrected chi connectivity index (χ2v) is 4.45. The van der Waals surface area contributed by atoms with Crippen LogP contribution >= 0.6 is 0 Å². The number of rotatable bonds is 4. The number of benzene rings is 1. The molecule has 0 radical (unpaired) electrons. The van der Waals surface area contributed by atoms with E-state index in [-0.39, 0.29) is 11.7 Å². The van der Waals surface area contributed by atoms with E-state index >= 15 is 0 Å². The van der Waals surface area contributed by atoms with Gasteiger partial charge in [-0.1, -0.05) is 0 Å². The number of hydrogen-bond donors (Lipinski definition) is 1. The van der Waals surface area contributed by atoms with Crippen molar-refractivity contribution in [2.45, 2.75) is 12.8 Å². The number of hydrogen-bond acceptors (Lipinski definition) is 4. The molecule has 98 valence electrons. The summed E-state index contributed by atoms with van der Waals surface area (Å²) in [5.74, 6) is 1.56. The average Bonchev–Trinajstić information content (AvgIpc) is 2.46. The lowest BCUT2D eigenvalue weighted by molar-refractivity contribution is 0.0891. The fraction of sp³-hybridized carbons (Fsp3) is 0.500. The molecule has 4 heteroatoms. The van der Waals surface area contributed by atoms with Crippen molar-refractivity contribution in [3.05, 3.63) is 23.8 Å². The minimum absolute atomic E-state index is 0.0901. The Labute approximate surface area is 107 Å². The Bertz CT molecular complexity index is 425. The number of methoxy groups -OCH3 is 2. The number of carbonyl (C=O) groups excluding carboxylic acids is 1. The maximum atomic E-state index is 12.5. The molecule has 0 saturated carbocycles. The number of carbonyl (C=O) groups is 1. The van der Waals surface area contributed by atoms with Gasteiger partial charge >= 0.3 is 0 Å². The second kappa shape index (κ2) is 5.87. The first kappa shape index (κ1) is 12.9. The summed E-state index contributed by atoms with van der Waals surface area (Å²) in [4.78, 5) is 12.5. The Morgan fingerprint density at radius 2 is 1.94 bits per heavy atom. The monoisotopic (exact) mass is 249 g/mol. The third-order valence-corrected chi connectivity index (χ3v) is 3.38. The van der Waals surface area contributed by atoms with Crippen LogP contribution in [-0.4, -0.2) is 33.1 Å². The van der Waals surface area contributed by atoms with Crippen LogP contribution in [0.3, 0.4) is 0 Å². The maximum absolute atomic E-state index is 12.5. The molecule has 1 aliphatic rings. The quantitative estimate of drug-likeness (QED) is 0.828. The molecule has 1 saturated heterocycles. The van der Waals surface area contributed by atoms with Crippen LogP contribution in [0.5, 0.6) is 11.5 Å². The third kappa shape index (κ3) is 2.64. The predicted octanol–water partition coefficient (Wildman–Crippen LogP) is 1.89. The molecular formula is C14H19NO3. The van der Waals surface area contributed by atoms with Gasteiger partial charge in [-0.3, -0.25) is 4.79 Å². The minimum atomic E-state index is 0.0901. The number of Topliss-reactive ketones (excluding diaryl/α,β-unsaturated/α-hetero) is 1. The Hall–Kier alpha value is -1.55. The van der Waals surface area contributed by atoms with Crippen molar-refractivity contribution in [3.63, 3.8) is 0 Å². The van der Waals surface area contributed by atoms with Crippen molar-refractivity contribution >= 4 is 5.78 Å². The Kier molecular flexibility index (Phi) is 4.20. The van der Waals surface area contributed by atoms with E-state index in [0.29, 0.717) is 17.1 Å². The molecule has 0 aromatic heterocycles. The highest BCUT2D eigenvalue weighted by atomic mass is 16.5. The highest BCUT2D eigenvalue weighted by Gasteiger charge is 2.25. The lowest BCUT2D eigenvalue weighted by atomic mass is 9.89. The van der Waals surface area contributed by atoms with Crippen molar-refractivity contribution in [2.75, 3.05) is 27.3 Å². The van der Waals surface area contributed by atoms with Gasteiger partial charge in [0.25, 0.3) is 0 Å². The predicted molar refractivity (Wildman–Crippen MR) is 69.5 cm³/mol. The summed E-state index contributed by atoms with van der Waals surface area (Å²) in [6.45, 7) is 1.81. The number of nitrogens with one attached hydrogen (secondary N) is 1. The summed E-state index contributed by atoms with van der Waals surface area (Å²) >= 11 is 0. The van der Waals surface area contributed by atoms with E-state index in [4.69, 9.17) is 9.47 Å². The molecule has 1 N–H and O–H groups in total. The molecule has 0 unspecified atom stereocenters. The van der Waals surface area contributed by atoms with Crippen LogP contribution in [0.15, 0.2) is 18.2 Å². The summed E-state index contributed by atoms with van der Waals surface area (Å²) in [5.41, 5.74) is 0.628. The third-order valence-electron chi connectivity index (χ3n) is 3.38. The summed E-state index contributed by atoms with van der Waals surface area (Å²) in [7, 11) is 3.18. The Morgan fingerprint density at radius 3 is 2.56 bits per heavy atom. The first-order chi connectivity index (χ1) is 8.76. The van der Waals surface area contributed by atoms with E-state index in [9.17, 15) is 4.79 Å². The Morgan fingerprint density at radius 1 is 1.22 bits per heavy atom. The molecule has 4 nitrogen and oxygen atoms in total. The van der Waals surface area contributed by atoms with E-state index in [0.717, 1.165) is 25.9 Å². The summed E-state index contributed by atoms with van der Waals surface area (Å²) in [6.07, 6.45) is 1.78. The van der Waals surface area contributed by atoms with Gasteiger partial charge in [0.2, 0.25) is 0 Å².